The van der Waals surface area contributed by atoms with E-state index in [0.29, 0.717) is 23.9 Å². The maximum absolute atomic E-state index is 14.3. The Bertz CT molecular complexity index is 612. The molecule has 0 bridgehead atoms. The average molecular weight is 288 g/mol. The number of ether oxygens (including phenoxy) is 2. The van der Waals surface area contributed by atoms with Crippen molar-refractivity contribution in [3.63, 3.8) is 0 Å². The summed E-state index contributed by atoms with van der Waals surface area (Å²) in [6.07, 6.45) is 3.90. The number of pyridine rings is 1. The molecular weight excluding hydrogens is 271 g/mol. The summed E-state index contributed by atoms with van der Waals surface area (Å²) >= 11 is 0. The van der Waals surface area contributed by atoms with Gasteiger partial charge in [0.25, 0.3) is 5.88 Å². The molecule has 5 heteroatoms. The second-order valence-corrected chi connectivity index (χ2v) is 5.02. The van der Waals surface area contributed by atoms with Gasteiger partial charge in [0.2, 0.25) is 0 Å². The van der Waals surface area contributed by atoms with Crippen molar-refractivity contribution < 1.29 is 13.9 Å². The van der Waals surface area contributed by atoms with Gasteiger partial charge < -0.3 is 14.8 Å². The van der Waals surface area contributed by atoms with Gasteiger partial charge in [0, 0.05) is 24.3 Å². The lowest BCUT2D eigenvalue weighted by atomic mass is 10.2. The highest BCUT2D eigenvalue weighted by Gasteiger charge is 2.21. The van der Waals surface area contributed by atoms with E-state index < -0.39 is 5.82 Å². The molecule has 0 saturated heterocycles. The van der Waals surface area contributed by atoms with Crippen LogP contribution in [0.3, 0.4) is 0 Å². The van der Waals surface area contributed by atoms with Crippen molar-refractivity contribution >= 4 is 0 Å². The van der Waals surface area contributed by atoms with E-state index in [1.807, 2.05) is 0 Å². The van der Waals surface area contributed by atoms with Gasteiger partial charge in [-0.1, -0.05) is 0 Å². The van der Waals surface area contributed by atoms with Crippen LogP contribution in [0.25, 0.3) is 0 Å². The van der Waals surface area contributed by atoms with E-state index in [4.69, 9.17) is 9.47 Å². The number of methoxy groups -OCH3 is 1. The number of halogens is 1. The van der Waals surface area contributed by atoms with Crippen molar-refractivity contribution in [3.05, 3.63) is 47.9 Å². The first kappa shape index (κ1) is 13.8. The molecule has 1 aromatic carbocycles. The fraction of sp³-hybridized carbons (Fsp3) is 0.312. The predicted molar refractivity (Wildman–Crippen MR) is 77.1 cm³/mol. The van der Waals surface area contributed by atoms with Crippen molar-refractivity contribution in [3.8, 4) is 17.4 Å². The van der Waals surface area contributed by atoms with Gasteiger partial charge in [0.1, 0.15) is 11.5 Å². The Kier molecular flexibility index (Phi) is 4.01. The van der Waals surface area contributed by atoms with Crippen molar-refractivity contribution in [2.75, 3.05) is 7.11 Å². The van der Waals surface area contributed by atoms with Gasteiger partial charge in [0.05, 0.1) is 7.11 Å². The summed E-state index contributed by atoms with van der Waals surface area (Å²) < 4.78 is 24.9. The molecule has 4 nitrogen and oxygen atoms in total. The van der Waals surface area contributed by atoms with Crippen LogP contribution in [0.5, 0.6) is 17.4 Å². The third-order valence-corrected chi connectivity index (χ3v) is 3.37. The van der Waals surface area contributed by atoms with Gasteiger partial charge in [-0.05, 0) is 43.2 Å². The summed E-state index contributed by atoms with van der Waals surface area (Å²) in [6, 6.07) is 9.15. The van der Waals surface area contributed by atoms with E-state index in [9.17, 15) is 4.39 Å². The summed E-state index contributed by atoms with van der Waals surface area (Å²) in [4.78, 5) is 3.96. The molecule has 110 valence electrons. The molecule has 3 rings (SSSR count). The summed E-state index contributed by atoms with van der Waals surface area (Å²) in [6.45, 7) is 0.498. The monoisotopic (exact) mass is 288 g/mol. The number of hydrogen-bond acceptors (Lipinski definition) is 4. The number of nitrogens with zero attached hydrogens (tertiary/aromatic N) is 1. The van der Waals surface area contributed by atoms with Gasteiger partial charge in [-0.3, -0.25) is 0 Å². The van der Waals surface area contributed by atoms with Crippen molar-refractivity contribution in [1.82, 2.24) is 10.3 Å². The first-order valence-corrected chi connectivity index (χ1v) is 6.95. The second-order valence-electron chi connectivity index (χ2n) is 5.02. The molecule has 0 unspecified atom stereocenters. The molecule has 1 N–H and O–H groups in total. The van der Waals surface area contributed by atoms with Crippen LogP contribution >= 0.6 is 0 Å². The molecule has 2 aromatic rings. The third kappa shape index (κ3) is 3.49. The molecule has 0 spiro atoms. The van der Waals surface area contributed by atoms with Gasteiger partial charge in [-0.25, -0.2) is 9.37 Å². The van der Waals surface area contributed by atoms with E-state index in [0.717, 1.165) is 5.75 Å². The summed E-state index contributed by atoms with van der Waals surface area (Å²) in [5, 5.41) is 3.28. The van der Waals surface area contributed by atoms with Crippen LogP contribution in [0.15, 0.2) is 36.5 Å². The maximum Gasteiger partial charge on any atom is 0.256 e. The summed E-state index contributed by atoms with van der Waals surface area (Å²) in [7, 11) is 1.59. The molecule has 0 amide bonds. The first-order chi connectivity index (χ1) is 10.3. The zero-order chi connectivity index (χ0) is 14.7. The van der Waals surface area contributed by atoms with Crippen LogP contribution in [0.1, 0.15) is 18.4 Å². The van der Waals surface area contributed by atoms with Gasteiger partial charge in [-0.2, -0.15) is 0 Å². The molecule has 1 aliphatic carbocycles. The molecular formula is C16H17FN2O2. The highest BCUT2D eigenvalue weighted by atomic mass is 19.1. The van der Waals surface area contributed by atoms with Crippen LogP contribution in [-0.4, -0.2) is 18.1 Å². The van der Waals surface area contributed by atoms with Crippen LogP contribution in [0.4, 0.5) is 4.39 Å². The Balaban J connectivity index is 1.72. The standard InChI is InChI=1S/C16H17FN2O2/c1-20-13-4-6-14(7-5-13)21-16-15(17)11(8-9-18-16)10-19-12-2-3-12/h4-9,12,19H,2-3,10H2,1H3. The minimum atomic E-state index is -0.415. The number of aromatic nitrogens is 1. The SMILES string of the molecule is COc1ccc(Oc2nccc(CNC3CC3)c2F)cc1. The molecule has 1 aromatic heterocycles. The third-order valence-electron chi connectivity index (χ3n) is 3.37. The van der Waals surface area contributed by atoms with Crippen molar-refractivity contribution in [1.29, 1.82) is 0 Å². The first-order valence-electron chi connectivity index (χ1n) is 6.95. The number of nitrogens with one attached hydrogen (secondary N) is 1. The zero-order valence-corrected chi connectivity index (χ0v) is 11.8. The minimum Gasteiger partial charge on any atom is -0.497 e. The molecule has 0 aliphatic heterocycles. The topological polar surface area (TPSA) is 43.4 Å². The van der Waals surface area contributed by atoms with E-state index in [1.165, 1.54) is 12.8 Å². The lowest BCUT2D eigenvalue weighted by Crippen LogP contribution is -2.16. The molecule has 1 saturated carbocycles. The average Bonchev–Trinajstić information content (AvgIpc) is 3.33. The number of hydrogen-bond donors (Lipinski definition) is 1. The normalized spacial score (nSPS) is 14.0. The molecule has 1 fully saturated rings. The molecule has 0 radical (unpaired) electrons. The highest BCUT2D eigenvalue weighted by Crippen LogP contribution is 2.26. The minimum absolute atomic E-state index is 0.00439. The van der Waals surface area contributed by atoms with E-state index >= 15 is 0 Å². The number of rotatable bonds is 6. The molecule has 21 heavy (non-hydrogen) atoms. The Morgan fingerprint density at radius 1 is 1.19 bits per heavy atom. The van der Waals surface area contributed by atoms with Crippen LogP contribution in [0, 0.1) is 5.82 Å². The lowest BCUT2D eigenvalue weighted by molar-refractivity contribution is 0.406. The maximum atomic E-state index is 14.3. The fourth-order valence-electron chi connectivity index (χ4n) is 1.97. The van der Waals surface area contributed by atoms with Crippen LogP contribution in [-0.2, 0) is 6.54 Å². The largest absolute Gasteiger partial charge is 0.497 e. The zero-order valence-electron chi connectivity index (χ0n) is 11.8. The van der Waals surface area contributed by atoms with Crippen LogP contribution < -0.4 is 14.8 Å². The van der Waals surface area contributed by atoms with Gasteiger partial charge in [0.15, 0.2) is 5.82 Å². The van der Waals surface area contributed by atoms with Gasteiger partial charge >= 0.3 is 0 Å². The lowest BCUT2D eigenvalue weighted by Gasteiger charge is -2.09. The smallest absolute Gasteiger partial charge is 0.256 e. The van der Waals surface area contributed by atoms with E-state index in [-0.39, 0.29) is 5.88 Å². The van der Waals surface area contributed by atoms with Crippen molar-refractivity contribution in [2.24, 2.45) is 0 Å². The van der Waals surface area contributed by atoms with E-state index in [2.05, 4.69) is 10.3 Å². The molecule has 1 aliphatic rings. The van der Waals surface area contributed by atoms with Crippen LogP contribution in [0.2, 0.25) is 0 Å². The summed E-state index contributed by atoms with van der Waals surface area (Å²) in [5.41, 5.74) is 0.570. The Hall–Kier alpha value is -2.14. The van der Waals surface area contributed by atoms with E-state index in [1.54, 1.807) is 43.6 Å². The fourth-order valence-corrected chi connectivity index (χ4v) is 1.97. The Morgan fingerprint density at radius 3 is 2.57 bits per heavy atom. The predicted octanol–water partition coefficient (Wildman–Crippen LogP) is 3.27. The molecule has 1 heterocycles. The number of benzene rings is 1. The summed E-state index contributed by atoms with van der Waals surface area (Å²) in [5.74, 6) is 0.824. The second kappa shape index (κ2) is 6.10. The quantitative estimate of drug-likeness (QED) is 0.886. The Labute approximate surface area is 122 Å². The highest BCUT2D eigenvalue weighted by molar-refractivity contribution is 5.34. The Morgan fingerprint density at radius 2 is 1.90 bits per heavy atom. The van der Waals surface area contributed by atoms with Crippen molar-refractivity contribution in [2.45, 2.75) is 25.4 Å². The molecule has 0 atom stereocenters. The van der Waals surface area contributed by atoms with Gasteiger partial charge in [-0.15, -0.1) is 0 Å².